The van der Waals surface area contributed by atoms with E-state index in [9.17, 15) is 4.39 Å². The smallest absolute Gasteiger partial charge is 0.123 e. The van der Waals surface area contributed by atoms with E-state index in [-0.39, 0.29) is 5.82 Å². The number of benzene rings is 1. The average Bonchev–Trinajstić information content (AvgIpc) is 2.94. The van der Waals surface area contributed by atoms with Crippen molar-refractivity contribution in [3.63, 3.8) is 0 Å². The van der Waals surface area contributed by atoms with Gasteiger partial charge in [-0.2, -0.15) is 0 Å². The average molecular weight is 298 g/mol. The van der Waals surface area contributed by atoms with Crippen LogP contribution in [-0.4, -0.2) is 44.3 Å². The summed E-state index contributed by atoms with van der Waals surface area (Å²) in [5, 5.41) is 0. The standard InChI is InChI=1S/C12H17FN2.C3H8O.C2H6/c13-11-3-1-10(2-4-11)5-7-15-8-6-12(14)9-15;1-3-4-2;1-2/h1-4,12H,5-9,14H2;3H2,1-2H3;1-2H3/t12-;;/m1../s1. The highest BCUT2D eigenvalue weighted by Gasteiger charge is 2.17. The van der Waals surface area contributed by atoms with Gasteiger partial charge in [0, 0.05) is 32.8 Å². The Labute approximate surface area is 129 Å². The number of nitrogens with zero attached hydrogens (tertiary/aromatic N) is 1. The fraction of sp³-hybridized carbons (Fsp3) is 0.647. The van der Waals surface area contributed by atoms with Gasteiger partial charge in [-0.1, -0.05) is 26.0 Å². The zero-order chi connectivity index (χ0) is 16.1. The van der Waals surface area contributed by atoms with Crippen LogP contribution in [0.4, 0.5) is 4.39 Å². The van der Waals surface area contributed by atoms with Gasteiger partial charge in [-0.15, -0.1) is 0 Å². The van der Waals surface area contributed by atoms with Gasteiger partial charge in [0.2, 0.25) is 0 Å². The Kier molecular flexibility index (Phi) is 12.2. The molecule has 0 amide bonds. The van der Waals surface area contributed by atoms with E-state index in [1.807, 2.05) is 32.9 Å². The van der Waals surface area contributed by atoms with Gasteiger partial charge in [0.1, 0.15) is 5.82 Å². The Balaban J connectivity index is 0.000000579. The summed E-state index contributed by atoms with van der Waals surface area (Å²) in [5.74, 6) is -0.165. The minimum atomic E-state index is -0.165. The van der Waals surface area contributed by atoms with E-state index < -0.39 is 0 Å². The summed E-state index contributed by atoms with van der Waals surface area (Å²) in [7, 11) is 1.68. The Morgan fingerprint density at radius 2 is 1.86 bits per heavy atom. The second-order valence-electron chi connectivity index (χ2n) is 4.80. The third kappa shape index (κ3) is 9.56. The second-order valence-corrected chi connectivity index (χ2v) is 4.80. The molecule has 0 aromatic heterocycles. The van der Waals surface area contributed by atoms with E-state index in [1.54, 1.807) is 7.11 Å². The molecule has 1 heterocycles. The van der Waals surface area contributed by atoms with Crippen molar-refractivity contribution >= 4 is 0 Å². The molecule has 1 aromatic rings. The summed E-state index contributed by atoms with van der Waals surface area (Å²) in [4.78, 5) is 2.37. The topological polar surface area (TPSA) is 38.5 Å². The van der Waals surface area contributed by atoms with E-state index in [1.165, 1.54) is 17.7 Å². The molecule has 122 valence electrons. The summed E-state index contributed by atoms with van der Waals surface area (Å²) in [6, 6.07) is 7.09. The van der Waals surface area contributed by atoms with Crippen molar-refractivity contribution in [1.82, 2.24) is 4.90 Å². The molecule has 1 aliphatic heterocycles. The van der Waals surface area contributed by atoms with Crippen LogP contribution in [0, 0.1) is 5.82 Å². The summed E-state index contributed by atoms with van der Waals surface area (Å²) in [6.07, 6.45) is 2.08. The molecule has 1 saturated heterocycles. The van der Waals surface area contributed by atoms with Crippen molar-refractivity contribution in [2.24, 2.45) is 5.73 Å². The molecule has 0 aliphatic carbocycles. The minimum absolute atomic E-state index is 0.165. The van der Waals surface area contributed by atoms with Gasteiger partial charge in [0.25, 0.3) is 0 Å². The van der Waals surface area contributed by atoms with Gasteiger partial charge in [-0.05, 0) is 44.0 Å². The van der Waals surface area contributed by atoms with Crippen molar-refractivity contribution in [2.45, 2.75) is 39.7 Å². The van der Waals surface area contributed by atoms with Crippen LogP contribution in [0.15, 0.2) is 24.3 Å². The lowest BCUT2D eigenvalue weighted by atomic mass is 10.1. The highest BCUT2D eigenvalue weighted by molar-refractivity contribution is 5.16. The Morgan fingerprint density at radius 1 is 1.29 bits per heavy atom. The number of rotatable bonds is 4. The molecule has 0 bridgehead atoms. The van der Waals surface area contributed by atoms with E-state index in [2.05, 4.69) is 9.64 Å². The second kappa shape index (κ2) is 12.7. The van der Waals surface area contributed by atoms with E-state index in [4.69, 9.17) is 5.73 Å². The van der Waals surface area contributed by atoms with Crippen molar-refractivity contribution in [1.29, 1.82) is 0 Å². The summed E-state index contributed by atoms with van der Waals surface area (Å²) < 4.78 is 17.2. The highest BCUT2D eigenvalue weighted by Crippen LogP contribution is 2.09. The number of ether oxygens (including phenoxy) is 1. The molecule has 1 aromatic carbocycles. The molecule has 0 saturated carbocycles. The highest BCUT2D eigenvalue weighted by atomic mass is 19.1. The van der Waals surface area contributed by atoms with E-state index >= 15 is 0 Å². The number of methoxy groups -OCH3 is 1. The molecular weight excluding hydrogens is 267 g/mol. The Morgan fingerprint density at radius 3 is 2.29 bits per heavy atom. The Hall–Kier alpha value is -0.970. The van der Waals surface area contributed by atoms with Crippen LogP contribution in [0.1, 0.15) is 32.8 Å². The minimum Gasteiger partial charge on any atom is -0.385 e. The first-order valence-corrected chi connectivity index (χ1v) is 7.87. The lowest BCUT2D eigenvalue weighted by Gasteiger charge is -2.14. The van der Waals surface area contributed by atoms with Crippen molar-refractivity contribution in [3.05, 3.63) is 35.6 Å². The molecule has 0 spiro atoms. The van der Waals surface area contributed by atoms with Crippen LogP contribution in [0.3, 0.4) is 0 Å². The van der Waals surface area contributed by atoms with Crippen molar-refractivity contribution < 1.29 is 9.13 Å². The molecule has 4 heteroatoms. The van der Waals surface area contributed by atoms with E-state index in [0.29, 0.717) is 6.04 Å². The van der Waals surface area contributed by atoms with Crippen LogP contribution < -0.4 is 5.73 Å². The van der Waals surface area contributed by atoms with Gasteiger partial charge < -0.3 is 15.4 Å². The molecule has 0 radical (unpaired) electrons. The van der Waals surface area contributed by atoms with Crippen LogP contribution in [0.5, 0.6) is 0 Å². The van der Waals surface area contributed by atoms with Crippen LogP contribution in [-0.2, 0) is 11.2 Å². The van der Waals surface area contributed by atoms with Gasteiger partial charge in [0.05, 0.1) is 0 Å². The van der Waals surface area contributed by atoms with Crippen LogP contribution in [0.2, 0.25) is 0 Å². The lowest BCUT2D eigenvalue weighted by Crippen LogP contribution is -2.28. The maximum Gasteiger partial charge on any atom is 0.123 e. The zero-order valence-electron chi connectivity index (χ0n) is 13.9. The van der Waals surface area contributed by atoms with Crippen LogP contribution >= 0.6 is 0 Å². The van der Waals surface area contributed by atoms with Gasteiger partial charge in [0.15, 0.2) is 0 Å². The third-order valence-electron chi connectivity index (χ3n) is 3.23. The number of hydrogen-bond acceptors (Lipinski definition) is 3. The Bertz CT molecular complexity index is 341. The molecule has 1 atom stereocenters. The first-order chi connectivity index (χ1) is 10.2. The number of nitrogens with two attached hydrogens (primary N) is 1. The lowest BCUT2D eigenvalue weighted by molar-refractivity contribution is 0.215. The molecule has 1 fully saturated rings. The van der Waals surface area contributed by atoms with Crippen molar-refractivity contribution in [3.8, 4) is 0 Å². The summed E-state index contributed by atoms with van der Waals surface area (Å²) in [6.45, 7) is 9.91. The predicted molar refractivity (Wildman–Crippen MR) is 88.0 cm³/mol. The van der Waals surface area contributed by atoms with Gasteiger partial charge in [-0.25, -0.2) is 4.39 Å². The molecule has 2 N–H and O–H groups in total. The summed E-state index contributed by atoms with van der Waals surface area (Å²) >= 11 is 0. The molecular formula is C17H31FN2O. The third-order valence-corrected chi connectivity index (χ3v) is 3.23. The maximum absolute atomic E-state index is 12.7. The quantitative estimate of drug-likeness (QED) is 0.928. The SMILES string of the molecule is CC.CCOC.N[C@@H]1CCN(CCc2ccc(F)cc2)C1. The van der Waals surface area contributed by atoms with Crippen LogP contribution in [0.25, 0.3) is 0 Å². The molecule has 3 nitrogen and oxygen atoms in total. The van der Waals surface area contributed by atoms with Gasteiger partial charge in [-0.3, -0.25) is 0 Å². The van der Waals surface area contributed by atoms with E-state index in [0.717, 1.165) is 39.1 Å². The molecule has 2 rings (SSSR count). The maximum atomic E-state index is 12.7. The molecule has 21 heavy (non-hydrogen) atoms. The molecule has 0 unspecified atom stereocenters. The van der Waals surface area contributed by atoms with Gasteiger partial charge >= 0.3 is 0 Å². The fourth-order valence-corrected chi connectivity index (χ4v) is 2.00. The summed E-state index contributed by atoms with van der Waals surface area (Å²) in [5.41, 5.74) is 7.01. The number of hydrogen-bond donors (Lipinski definition) is 1. The fourth-order valence-electron chi connectivity index (χ4n) is 2.00. The molecule has 1 aliphatic rings. The zero-order valence-corrected chi connectivity index (χ0v) is 13.9. The first-order valence-electron chi connectivity index (χ1n) is 7.87. The number of halogens is 1. The largest absolute Gasteiger partial charge is 0.385 e. The number of likely N-dealkylation sites (tertiary alicyclic amines) is 1. The predicted octanol–water partition coefficient (Wildman–Crippen LogP) is 3.08. The first kappa shape index (κ1) is 20.0. The van der Waals surface area contributed by atoms with Crippen molar-refractivity contribution in [2.75, 3.05) is 33.4 Å². The normalized spacial score (nSPS) is 17.5. The monoisotopic (exact) mass is 298 g/mol.